The fraction of sp³-hybridized carbons (Fsp3) is 0.0833. The molecule has 7 heteroatoms. The number of hydrogen-bond acceptors (Lipinski definition) is 5. The molecule has 0 aliphatic rings. The van der Waals surface area contributed by atoms with Crippen molar-refractivity contribution in [2.24, 2.45) is 0 Å². The third-order valence-corrected chi connectivity index (χ3v) is 2.51. The minimum atomic E-state index is -0.832. The number of esters is 1. The van der Waals surface area contributed by atoms with Crippen LogP contribution in [0.4, 0.5) is 10.1 Å². The molecular formula is C12H7BrFN3O2. The third kappa shape index (κ3) is 3.54. The number of halogens is 2. The predicted octanol–water partition coefficient (Wildman–Crippen LogP) is 2.72. The van der Waals surface area contributed by atoms with E-state index in [0.29, 0.717) is 4.47 Å². The number of benzene rings is 1. The van der Waals surface area contributed by atoms with E-state index in [1.54, 1.807) is 12.1 Å². The van der Waals surface area contributed by atoms with Crippen LogP contribution in [-0.4, -0.2) is 13.1 Å². The summed E-state index contributed by atoms with van der Waals surface area (Å²) in [6.07, 6.45) is 1.05. The maximum atomic E-state index is 14.0. The number of nitrogens with zero attached hydrogens (tertiary/aromatic N) is 2. The zero-order valence-corrected chi connectivity index (χ0v) is 11.3. The van der Waals surface area contributed by atoms with Gasteiger partial charge in [-0.2, -0.15) is 10.5 Å². The van der Waals surface area contributed by atoms with Gasteiger partial charge in [-0.3, -0.25) is 0 Å². The number of carbonyl (C=O) groups is 1. The second kappa shape index (κ2) is 6.53. The Balaban J connectivity index is 3.20. The lowest BCUT2D eigenvalue weighted by molar-refractivity contribution is 0.0595. The molecule has 96 valence electrons. The van der Waals surface area contributed by atoms with Gasteiger partial charge >= 0.3 is 5.97 Å². The smallest absolute Gasteiger partial charge is 0.340 e. The molecule has 0 spiro atoms. The van der Waals surface area contributed by atoms with E-state index < -0.39 is 11.8 Å². The van der Waals surface area contributed by atoms with Gasteiger partial charge in [-0.15, -0.1) is 0 Å². The van der Waals surface area contributed by atoms with E-state index in [9.17, 15) is 9.18 Å². The molecular weight excluding hydrogens is 317 g/mol. The molecule has 1 rings (SSSR count). The van der Waals surface area contributed by atoms with Crippen molar-refractivity contribution in [2.45, 2.75) is 0 Å². The molecule has 1 aromatic rings. The van der Waals surface area contributed by atoms with Crippen molar-refractivity contribution in [2.75, 3.05) is 12.4 Å². The van der Waals surface area contributed by atoms with Gasteiger partial charge in [0, 0.05) is 10.7 Å². The zero-order chi connectivity index (χ0) is 14.4. The van der Waals surface area contributed by atoms with Crippen molar-refractivity contribution in [3.8, 4) is 12.1 Å². The van der Waals surface area contributed by atoms with E-state index in [0.717, 1.165) is 13.3 Å². The van der Waals surface area contributed by atoms with Crippen LogP contribution in [0.25, 0.3) is 0 Å². The van der Waals surface area contributed by atoms with Gasteiger partial charge in [0.25, 0.3) is 0 Å². The Morgan fingerprint density at radius 1 is 1.47 bits per heavy atom. The summed E-state index contributed by atoms with van der Waals surface area (Å²) in [5.41, 5.74) is -0.542. The molecule has 0 aliphatic carbocycles. The standard InChI is InChI=1S/C12H7BrFN3O2/c1-19-12(18)9-2-8(13)3-10(11(9)14)17-6-7(4-15)5-16/h2-3,6,17H,1H3. The van der Waals surface area contributed by atoms with E-state index in [2.05, 4.69) is 26.0 Å². The summed E-state index contributed by atoms with van der Waals surface area (Å²) in [6, 6.07) is 5.87. The minimum absolute atomic E-state index is 0.0576. The summed E-state index contributed by atoms with van der Waals surface area (Å²) in [5, 5.41) is 19.6. The largest absolute Gasteiger partial charge is 0.465 e. The molecule has 0 heterocycles. The van der Waals surface area contributed by atoms with Crippen molar-refractivity contribution in [1.29, 1.82) is 10.5 Å². The molecule has 0 fully saturated rings. The van der Waals surface area contributed by atoms with E-state index in [-0.39, 0.29) is 16.8 Å². The van der Waals surface area contributed by atoms with Gasteiger partial charge in [0.15, 0.2) is 5.82 Å². The lowest BCUT2D eigenvalue weighted by atomic mass is 10.2. The number of ether oxygens (including phenoxy) is 1. The van der Waals surface area contributed by atoms with Gasteiger partial charge in [-0.1, -0.05) is 15.9 Å². The van der Waals surface area contributed by atoms with Gasteiger partial charge in [0.1, 0.15) is 17.7 Å². The molecule has 1 N–H and O–H groups in total. The second-order valence-corrected chi connectivity index (χ2v) is 4.15. The molecule has 0 unspecified atom stereocenters. The van der Waals surface area contributed by atoms with Gasteiger partial charge in [-0.05, 0) is 12.1 Å². The molecule has 0 bridgehead atoms. The number of methoxy groups -OCH3 is 1. The molecule has 0 saturated carbocycles. The first-order chi connectivity index (χ1) is 9.03. The Morgan fingerprint density at radius 2 is 2.11 bits per heavy atom. The van der Waals surface area contributed by atoms with Crippen LogP contribution in [0.15, 0.2) is 28.4 Å². The number of allylic oxidation sites excluding steroid dienone is 1. The number of carbonyl (C=O) groups excluding carboxylic acids is 1. The second-order valence-electron chi connectivity index (χ2n) is 3.23. The maximum Gasteiger partial charge on any atom is 0.340 e. The maximum absolute atomic E-state index is 14.0. The third-order valence-electron chi connectivity index (χ3n) is 2.06. The summed E-state index contributed by atoms with van der Waals surface area (Å²) in [7, 11) is 1.14. The molecule has 1 aromatic carbocycles. The van der Waals surface area contributed by atoms with E-state index in [4.69, 9.17) is 10.5 Å². The number of rotatable bonds is 3. The minimum Gasteiger partial charge on any atom is -0.465 e. The Labute approximate surface area is 117 Å². The average Bonchev–Trinajstić information content (AvgIpc) is 2.42. The normalized spacial score (nSPS) is 8.89. The monoisotopic (exact) mass is 323 g/mol. The van der Waals surface area contributed by atoms with Gasteiger partial charge in [0.05, 0.1) is 18.4 Å². The molecule has 0 saturated heterocycles. The molecule has 0 atom stereocenters. The van der Waals surface area contributed by atoms with Crippen molar-refractivity contribution < 1.29 is 13.9 Å². The molecule has 0 radical (unpaired) electrons. The highest BCUT2D eigenvalue weighted by atomic mass is 79.9. The van der Waals surface area contributed by atoms with Crippen molar-refractivity contribution in [3.63, 3.8) is 0 Å². The van der Waals surface area contributed by atoms with E-state index >= 15 is 0 Å². The van der Waals surface area contributed by atoms with E-state index in [1.807, 2.05) is 0 Å². The molecule has 5 nitrogen and oxygen atoms in total. The highest BCUT2D eigenvalue weighted by molar-refractivity contribution is 9.10. The first-order valence-corrected chi connectivity index (χ1v) is 5.67. The topological polar surface area (TPSA) is 85.9 Å². The van der Waals surface area contributed by atoms with Crippen molar-refractivity contribution in [3.05, 3.63) is 39.8 Å². The fourth-order valence-electron chi connectivity index (χ4n) is 1.19. The van der Waals surface area contributed by atoms with Crippen LogP contribution in [0.5, 0.6) is 0 Å². The molecule has 0 amide bonds. The Hall–Kier alpha value is -2.38. The summed E-state index contributed by atoms with van der Waals surface area (Å²) in [6.45, 7) is 0. The lowest BCUT2D eigenvalue weighted by Crippen LogP contribution is -2.07. The van der Waals surface area contributed by atoms with Gasteiger partial charge in [-0.25, -0.2) is 9.18 Å². The number of nitrogens with one attached hydrogen (secondary N) is 1. The predicted molar refractivity (Wildman–Crippen MR) is 68.4 cm³/mol. The quantitative estimate of drug-likeness (QED) is 0.682. The number of anilines is 1. The van der Waals surface area contributed by atoms with Gasteiger partial charge in [0.2, 0.25) is 0 Å². The first kappa shape index (κ1) is 14.7. The van der Waals surface area contributed by atoms with Crippen LogP contribution in [0.2, 0.25) is 0 Å². The highest BCUT2D eigenvalue weighted by Crippen LogP contribution is 2.25. The fourth-order valence-corrected chi connectivity index (χ4v) is 1.65. The summed E-state index contributed by atoms with van der Waals surface area (Å²) in [5.74, 6) is -1.66. The molecule has 0 aliphatic heterocycles. The van der Waals surface area contributed by atoms with Crippen LogP contribution >= 0.6 is 15.9 Å². The molecule has 19 heavy (non-hydrogen) atoms. The number of hydrogen-bond donors (Lipinski definition) is 1. The number of nitriles is 2. The van der Waals surface area contributed by atoms with Crippen LogP contribution in [0.3, 0.4) is 0 Å². The Bertz CT molecular complexity index is 613. The first-order valence-electron chi connectivity index (χ1n) is 4.87. The van der Waals surface area contributed by atoms with E-state index in [1.165, 1.54) is 12.1 Å². The van der Waals surface area contributed by atoms with Crippen LogP contribution < -0.4 is 5.32 Å². The molecule has 0 aromatic heterocycles. The van der Waals surface area contributed by atoms with Crippen LogP contribution in [0, 0.1) is 28.5 Å². The Kier molecular flexibility index (Phi) is 5.04. The summed E-state index contributed by atoms with van der Waals surface area (Å²) in [4.78, 5) is 11.4. The SMILES string of the molecule is COC(=O)c1cc(Br)cc(NC=C(C#N)C#N)c1F. The van der Waals surface area contributed by atoms with Crippen LogP contribution in [0.1, 0.15) is 10.4 Å². The lowest BCUT2D eigenvalue weighted by Gasteiger charge is -2.08. The zero-order valence-electron chi connectivity index (χ0n) is 9.70. The summed E-state index contributed by atoms with van der Waals surface area (Å²) < 4.78 is 18.9. The van der Waals surface area contributed by atoms with Crippen molar-refractivity contribution >= 4 is 27.6 Å². The van der Waals surface area contributed by atoms with Gasteiger partial charge < -0.3 is 10.1 Å². The average molecular weight is 324 g/mol. The highest BCUT2D eigenvalue weighted by Gasteiger charge is 2.16. The van der Waals surface area contributed by atoms with Crippen molar-refractivity contribution in [1.82, 2.24) is 0 Å². The Morgan fingerprint density at radius 3 is 2.63 bits per heavy atom. The summed E-state index contributed by atoms with van der Waals surface area (Å²) >= 11 is 3.12. The van der Waals surface area contributed by atoms with Crippen LogP contribution in [-0.2, 0) is 4.74 Å².